The van der Waals surface area contributed by atoms with Crippen LogP contribution in [0.2, 0.25) is 5.02 Å². The average molecular weight is 380 g/mol. The minimum atomic E-state index is -4.09. The van der Waals surface area contributed by atoms with Crippen LogP contribution in [0.25, 0.3) is 10.9 Å². The molecule has 0 aliphatic heterocycles. The molecular formula is C16H11ClFN3O3S. The summed E-state index contributed by atoms with van der Waals surface area (Å²) in [6.07, 6.45) is 1.63. The summed E-state index contributed by atoms with van der Waals surface area (Å²) < 4.78 is 37.4. The minimum absolute atomic E-state index is 0.250. The first-order valence-corrected chi connectivity index (χ1v) is 8.85. The van der Waals surface area contributed by atoms with Gasteiger partial charge in [-0.2, -0.15) is 0 Å². The zero-order chi connectivity index (χ0) is 18.0. The maximum atomic E-state index is 13.1. The third-order valence-electron chi connectivity index (χ3n) is 3.37. The van der Waals surface area contributed by atoms with Gasteiger partial charge in [0.2, 0.25) is 0 Å². The molecule has 0 saturated heterocycles. The number of aromatic nitrogens is 1. The number of carbonyl (C=O) groups excluding carboxylic acids is 1. The fourth-order valence-electron chi connectivity index (χ4n) is 2.11. The van der Waals surface area contributed by atoms with Gasteiger partial charge >= 0.3 is 0 Å². The number of fused-ring (bicyclic) bond motifs is 1. The summed E-state index contributed by atoms with van der Waals surface area (Å²) in [6.45, 7) is 0. The lowest BCUT2D eigenvalue weighted by Gasteiger charge is -2.09. The lowest BCUT2D eigenvalue weighted by molar-refractivity contribution is 0.0945. The van der Waals surface area contributed by atoms with Crippen LogP contribution in [0.15, 0.2) is 59.6 Å². The Morgan fingerprint density at radius 2 is 1.92 bits per heavy atom. The highest BCUT2D eigenvalue weighted by atomic mass is 35.5. The highest BCUT2D eigenvalue weighted by molar-refractivity contribution is 7.89. The van der Waals surface area contributed by atoms with E-state index in [0.717, 1.165) is 23.6 Å². The van der Waals surface area contributed by atoms with Crippen molar-refractivity contribution >= 4 is 38.4 Å². The van der Waals surface area contributed by atoms with Gasteiger partial charge in [0.05, 0.1) is 15.4 Å². The fourth-order valence-corrected chi connectivity index (χ4v) is 3.22. The van der Waals surface area contributed by atoms with Crippen molar-refractivity contribution in [2.45, 2.75) is 4.90 Å². The van der Waals surface area contributed by atoms with E-state index < -0.39 is 21.7 Å². The van der Waals surface area contributed by atoms with Gasteiger partial charge in [-0.15, -0.1) is 4.83 Å². The standard InChI is InChI=1S/C16H11ClFN3O3S/c17-13-9-12(4-5-14(13)18)25(23,24)21-20-16(22)11-3-6-15-10(8-11)2-1-7-19-15/h1-9,21H,(H,20,22). The van der Waals surface area contributed by atoms with Crippen molar-refractivity contribution in [3.05, 3.63) is 71.1 Å². The number of hydrogen-bond donors (Lipinski definition) is 2. The van der Waals surface area contributed by atoms with Gasteiger partial charge in [0.25, 0.3) is 15.9 Å². The molecule has 128 valence electrons. The van der Waals surface area contributed by atoms with Crippen molar-refractivity contribution in [3.63, 3.8) is 0 Å². The molecule has 6 nitrogen and oxygen atoms in total. The minimum Gasteiger partial charge on any atom is -0.273 e. The molecule has 9 heteroatoms. The molecule has 2 aromatic carbocycles. The van der Waals surface area contributed by atoms with E-state index in [-0.39, 0.29) is 15.5 Å². The third-order valence-corrected chi connectivity index (χ3v) is 4.90. The lowest BCUT2D eigenvalue weighted by Crippen LogP contribution is -2.41. The second-order valence-corrected chi connectivity index (χ2v) is 7.14. The van der Waals surface area contributed by atoms with E-state index in [0.29, 0.717) is 5.52 Å². The lowest BCUT2D eigenvalue weighted by atomic mass is 10.1. The molecule has 0 bridgehead atoms. The van der Waals surface area contributed by atoms with Crippen molar-refractivity contribution in [2.24, 2.45) is 0 Å². The Morgan fingerprint density at radius 1 is 1.12 bits per heavy atom. The summed E-state index contributed by atoms with van der Waals surface area (Å²) in [5.41, 5.74) is 3.06. The van der Waals surface area contributed by atoms with Gasteiger partial charge in [0.15, 0.2) is 0 Å². The van der Waals surface area contributed by atoms with Crippen molar-refractivity contribution in [1.29, 1.82) is 0 Å². The van der Waals surface area contributed by atoms with Gasteiger partial charge in [-0.1, -0.05) is 17.7 Å². The van der Waals surface area contributed by atoms with Crippen molar-refractivity contribution in [3.8, 4) is 0 Å². The van der Waals surface area contributed by atoms with E-state index in [1.807, 2.05) is 4.83 Å². The molecule has 25 heavy (non-hydrogen) atoms. The van der Waals surface area contributed by atoms with Crippen LogP contribution >= 0.6 is 11.6 Å². The molecule has 1 aromatic heterocycles. The van der Waals surface area contributed by atoms with Crippen LogP contribution in [0, 0.1) is 5.82 Å². The number of benzene rings is 2. The van der Waals surface area contributed by atoms with Crippen molar-refractivity contribution in [2.75, 3.05) is 0 Å². The quantitative estimate of drug-likeness (QED) is 0.682. The van der Waals surface area contributed by atoms with Crippen LogP contribution in [0.4, 0.5) is 4.39 Å². The first-order valence-electron chi connectivity index (χ1n) is 6.99. The van der Waals surface area contributed by atoms with E-state index >= 15 is 0 Å². The van der Waals surface area contributed by atoms with Gasteiger partial charge in [-0.25, -0.2) is 12.8 Å². The molecule has 0 aliphatic rings. The van der Waals surface area contributed by atoms with E-state index in [2.05, 4.69) is 10.4 Å². The molecule has 3 aromatic rings. The molecule has 3 rings (SSSR count). The topological polar surface area (TPSA) is 88.2 Å². The Balaban J connectivity index is 1.77. The predicted molar refractivity (Wildman–Crippen MR) is 90.9 cm³/mol. The highest BCUT2D eigenvalue weighted by Crippen LogP contribution is 2.19. The van der Waals surface area contributed by atoms with Crippen LogP contribution in [0.3, 0.4) is 0 Å². The first-order chi connectivity index (χ1) is 11.9. The largest absolute Gasteiger partial charge is 0.273 e. The number of carbonyl (C=O) groups is 1. The molecule has 0 fully saturated rings. The summed E-state index contributed by atoms with van der Waals surface area (Å²) in [7, 11) is -4.09. The highest BCUT2D eigenvalue weighted by Gasteiger charge is 2.17. The number of halogens is 2. The summed E-state index contributed by atoms with van der Waals surface area (Å²) in [6, 6.07) is 11.2. The summed E-state index contributed by atoms with van der Waals surface area (Å²) in [5.74, 6) is -1.39. The maximum absolute atomic E-state index is 13.1. The van der Waals surface area contributed by atoms with E-state index in [1.165, 1.54) is 6.07 Å². The SMILES string of the molecule is O=C(NNS(=O)(=O)c1ccc(F)c(Cl)c1)c1ccc2ncccc2c1. The maximum Gasteiger partial charge on any atom is 0.266 e. The first kappa shape index (κ1) is 17.3. The zero-order valence-electron chi connectivity index (χ0n) is 12.5. The predicted octanol–water partition coefficient (Wildman–Crippen LogP) is 2.65. The number of amides is 1. The molecule has 0 spiro atoms. The second-order valence-electron chi connectivity index (χ2n) is 5.05. The summed E-state index contributed by atoms with van der Waals surface area (Å²) in [5, 5.41) is 0.402. The van der Waals surface area contributed by atoms with E-state index in [9.17, 15) is 17.6 Å². The van der Waals surface area contributed by atoms with Gasteiger partial charge < -0.3 is 0 Å². The van der Waals surface area contributed by atoms with Crippen LogP contribution in [0.5, 0.6) is 0 Å². The van der Waals surface area contributed by atoms with E-state index in [4.69, 9.17) is 11.6 Å². The molecule has 0 atom stereocenters. The Kier molecular flexibility index (Phi) is 4.67. The van der Waals surface area contributed by atoms with Gasteiger partial charge in [-0.05, 0) is 42.5 Å². The number of pyridine rings is 1. The van der Waals surface area contributed by atoms with Gasteiger partial charge in [0.1, 0.15) is 5.82 Å². The number of sulfonamides is 1. The molecule has 0 saturated carbocycles. The monoisotopic (exact) mass is 379 g/mol. The average Bonchev–Trinajstić information content (AvgIpc) is 2.61. The van der Waals surface area contributed by atoms with Crippen LogP contribution in [-0.4, -0.2) is 19.3 Å². The van der Waals surface area contributed by atoms with Gasteiger partial charge in [0, 0.05) is 17.1 Å². The Hall–Kier alpha value is -2.55. The molecule has 0 radical (unpaired) electrons. The number of rotatable bonds is 4. The normalized spacial score (nSPS) is 11.4. The zero-order valence-corrected chi connectivity index (χ0v) is 14.1. The summed E-state index contributed by atoms with van der Waals surface area (Å²) in [4.78, 5) is 17.9. The Bertz CT molecular complexity index is 1070. The van der Waals surface area contributed by atoms with Crippen LogP contribution in [0.1, 0.15) is 10.4 Å². The smallest absolute Gasteiger partial charge is 0.266 e. The van der Waals surface area contributed by atoms with Crippen LogP contribution in [-0.2, 0) is 10.0 Å². The summed E-state index contributed by atoms with van der Waals surface area (Å²) >= 11 is 5.57. The Labute approximate surface area is 147 Å². The molecule has 1 heterocycles. The van der Waals surface area contributed by atoms with Crippen molar-refractivity contribution in [1.82, 2.24) is 15.2 Å². The van der Waals surface area contributed by atoms with Crippen LogP contribution < -0.4 is 10.3 Å². The molecule has 0 aliphatic carbocycles. The second kappa shape index (κ2) is 6.75. The number of nitrogens with zero attached hydrogens (tertiary/aromatic N) is 1. The number of hydrogen-bond acceptors (Lipinski definition) is 4. The van der Waals surface area contributed by atoms with Gasteiger partial charge in [-0.3, -0.25) is 15.2 Å². The molecule has 2 N–H and O–H groups in total. The fraction of sp³-hybridized carbons (Fsp3) is 0. The molecule has 1 amide bonds. The van der Waals surface area contributed by atoms with E-state index in [1.54, 1.807) is 30.5 Å². The van der Waals surface area contributed by atoms with Crippen molar-refractivity contribution < 1.29 is 17.6 Å². The third kappa shape index (κ3) is 3.76. The Morgan fingerprint density at radius 3 is 2.68 bits per heavy atom. The molecule has 0 unspecified atom stereocenters. The number of hydrazine groups is 1. The molecular weight excluding hydrogens is 369 g/mol. The number of nitrogens with one attached hydrogen (secondary N) is 2.